The fraction of sp³-hybridized carbons (Fsp3) is 0.154. The van der Waals surface area contributed by atoms with Crippen molar-refractivity contribution in [1.82, 2.24) is 0 Å². The lowest BCUT2D eigenvalue weighted by atomic mass is 10.2. The van der Waals surface area contributed by atoms with Crippen LogP contribution < -0.4 is 11.1 Å². The Balaban J connectivity index is 2.14. The Labute approximate surface area is 104 Å². The molecule has 1 aromatic heterocycles. The average Bonchev–Trinajstić information content (AvgIpc) is 2.63. The molecule has 1 aromatic carbocycles. The smallest absolute Gasteiger partial charge is 0.265 e. The van der Waals surface area contributed by atoms with Gasteiger partial charge in [0.05, 0.1) is 4.88 Å². The summed E-state index contributed by atoms with van der Waals surface area (Å²) in [6.45, 7) is 4.02. The van der Waals surface area contributed by atoms with E-state index in [1.807, 2.05) is 19.9 Å². The number of nitrogens with one attached hydrogen (secondary N) is 1. The summed E-state index contributed by atoms with van der Waals surface area (Å²) >= 11 is 1.51. The van der Waals surface area contributed by atoms with Crippen molar-refractivity contribution in [2.45, 2.75) is 13.8 Å². The van der Waals surface area contributed by atoms with Gasteiger partial charge in [-0.05, 0) is 49.7 Å². The van der Waals surface area contributed by atoms with E-state index >= 15 is 0 Å². The second-order valence-electron chi connectivity index (χ2n) is 3.93. The van der Waals surface area contributed by atoms with Crippen molar-refractivity contribution < 1.29 is 4.79 Å². The highest BCUT2D eigenvalue weighted by Crippen LogP contribution is 2.22. The number of nitrogens with two attached hydrogens (primary N) is 1. The molecule has 1 heterocycles. The van der Waals surface area contributed by atoms with Gasteiger partial charge in [-0.3, -0.25) is 4.79 Å². The number of hydrogen-bond acceptors (Lipinski definition) is 3. The Morgan fingerprint density at radius 1 is 1.24 bits per heavy atom. The van der Waals surface area contributed by atoms with Crippen LogP contribution in [0.1, 0.15) is 20.1 Å². The highest BCUT2D eigenvalue weighted by Gasteiger charge is 2.10. The largest absolute Gasteiger partial charge is 0.399 e. The SMILES string of the molecule is Cc1cc(C(=O)Nc2ccc(N)cc2)sc1C. The number of thiophene rings is 1. The van der Waals surface area contributed by atoms with Crippen LogP contribution in [0.15, 0.2) is 30.3 Å². The summed E-state index contributed by atoms with van der Waals surface area (Å²) in [5.74, 6) is -0.0732. The van der Waals surface area contributed by atoms with Crippen LogP contribution in [0.5, 0.6) is 0 Å². The maximum absolute atomic E-state index is 11.9. The first-order valence-corrected chi connectivity index (χ1v) is 6.12. The Kier molecular flexibility index (Phi) is 3.15. The molecular formula is C13H14N2OS. The molecule has 0 fully saturated rings. The van der Waals surface area contributed by atoms with Crippen LogP contribution in [-0.2, 0) is 0 Å². The average molecular weight is 246 g/mol. The van der Waals surface area contributed by atoms with Gasteiger partial charge < -0.3 is 11.1 Å². The number of anilines is 2. The minimum Gasteiger partial charge on any atom is -0.399 e. The first kappa shape index (κ1) is 11.7. The molecule has 0 saturated carbocycles. The molecule has 0 aliphatic carbocycles. The first-order chi connectivity index (χ1) is 8.06. The molecule has 0 aliphatic heterocycles. The van der Waals surface area contributed by atoms with Gasteiger partial charge >= 0.3 is 0 Å². The molecule has 88 valence electrons. The lowest BCUT2D eigenvalue weighted by molar-refractivity contribution is 0.103. The summed E-state index contributed by atoms with van der Waals surface area (Å²) in [4.78, 5) is 13.8. The lowest BCUT2D eigenvalue weighted by Gasteiger charge is -2.03. The molecule has 0 spiro atoms. The molecule has 3 N–H and O–H groups in total. The summed E-state index contributed by atoms with van der Waals surface area (Å²) in [7, 11) is 0. The lowest BCUT2D eigenvalue weighted by Crippen LogP contribution is -2.09. The molecule has 0 aliphatic rings. The topological polar surface area (TPSA) is 55.1 Å². The Hall–Kier alpha value is -1.81. The van der Waals surface area contributed by atoms with Gasteiger partial charge in [-0.25, -0.2) is 0 Å². The van der Waals surface area contributed by atoms with Gasteiger partial charge in [-0.2, -0.15) is 0 Å². The Morgan fingerprint density at radius 2 is 1.88 bits per heavy atom. The predicted octanol–water partition coefficient (Wildman–Crippen LogP) is 3.20. The molecular weight excluding hydrogens is 232 g/mol. The van der Waals surface area contributed by atoms with Crippen molar-refractivity contribution in [2.75, 3.05) is 11.1 Å². The van der Waals surface area contributed by atoms with Gasteiger partial charge in [-0.15, -0.1) is 11.3 Å². The van der Waals surface area contributed by atoms with Gasteiger partial charge in [0.2, 0.25) is 0 Å². The van der Waals surface area contributed by atoms with E-state index in [9.17, 15) is 4.79 Å². The van der Waals surface area contributed by atoms with E-state index in [0.717, 1.165) is 16.1 Å². The zero-order valence-electron chi connectivity index (χ0n) is 9.78. The standard InChI is InChI=1S/C13H14N2OS/c1-8-7-12(17-9(8)2)13(16)15-11-5-3-10(14)4-6-11/h3-7H,14H2,1-2H3,(H,15,16). The molecule has 0 unspecified atom stereocenters. The zero-order valence-corrected chi connectivity index (χ0v) is 10.6. The minimum atomic E-state index is -0.0732. The van der Waals surface area contributed by atoms with E-state index in [2.05, 4.69) is 5.32 Å². The first-order valence-electron chi connectivity index (χ1n) is 5.30. The summed E-state index contributed by atoms with van der Waals surface area (Å²) in [5, 5.41) is 2.84. The van der Waals surface area contributed by atoms with Crippen LogP contribution in [0.3, 0.4) is 0 Å². The molecule has 17 heavy (non-hydrogen) atoms. The number of nitrogen functional groups attached to an aromatic ring is 1. The number of aryl methyl sites for hydroxylation is 2. The number of rotatable bonds is 2. The normalized spacial score (nSPS) is 10.2. The van der Waals surface area contributed by atoms with Gasteiger partial charge in [0.25, 0.3) is 5.91 Å². The highest BCUT2D eigenvalue weighted by atomic mass is 32.1. The molecule has 0 bridgehead atoms. The van der Waals surface area contributed by atoms with Crippen molar-refractivity contribution in [2.24, 2.45) is 0 Å². The molecule has 4 heteroatoms. The van der Waals surface area contributed by atoms with Gasteiger partial charge in [-0.1, -0.05) is 0 Å². The molecule has 0 radical (unpaired) electrons. The van der Waals surface area contributed by atoms with Crippen molar-refractivity contribution in [3.05, 3.63) is 45.6 Å². The summed E-state index contributed by atoms with van der Waals surface area (Å²) < 4.78 is 0. The van der Waals surface area contributed by atoms with Crippen molar-refractivity contribution in [3.8, 4) is 0 Å². The van der Waals surface area contributed by atoms with E-state index in [1.54, 1.807) is 24.3 Å². The number of carbonyl (C=O) groups is 1. The minimum absolute atomic E-state index is 0.0732. The van der Waals surface area contributed by atoms with Crippen LogP contribution >= 0.6 is 11.3 Å². The molecule has 2 aromatic rings. The fourth-order valence-electron chi connectivity index (χ4n) is 1.44. The fourth-order valence-corrected chi connectivity index (χ4v) is 2.37. The van der Waals surface area contributed by atoms with Crippen LogP contribution in [0.2, 0.25) is 0 Å². The van der Waals surface area contributed by atoms with Gasteiger partial charge in [0, 0.05) is 16.3 Å². The van der Waals surface area contributed by atoms with E-state index in [-0.39, 0.29) is 5.91 Å². The van der Waals surface area contributed by atoms with E-state index in [4.69, 9.17) is 5.73 Å². The quantitative estimate of drug-likeness (QED) is 0.799. The maximum Gasteiger partial charge on any atom is 0.265 e. The molecule has 0 saturated heterocycles. The third-order valence-corrected chi connectivity index (χ3v) is 3.71. The van der Waals surface area contributed by atoms with Crippen molar-refractivity contribution >= 4 is 28.6 Å². The molecule has 1 amide bonds. The Bertz CT molecular complexity index is 524. The summed E-state index contributed by atoms with van der Waals surface area (Å²) in [6, 6.07) is 9.02. The second-order valence-corrected chi connectivity index (χ2v) is 5.18. The molecule has 2 rings (SSSR count). The van der Waals surface area contributed by atoms with Crippen LogP contribution in [-0.4, -0.2) is 5.91 Å². The van der Waals surface area contributed by atoms with Gasteiger partial charge in [0.15, 0.2) is 0 Å². The third kappa shape index (κ3) is 2.65. The number of amides is 1. The van der Waals surface area contributed by atoms with Crippen molar-refractivity contribution in [3.63, 3.8) is 0 Å². The number of benzene rings is 1. The number of hydrogen-bond donors (Lipinski definition) is 2. The molecule has 3 nitrogen and oxygen atoms in total. The van der Waals surface area contributed by atoms with Gasteiger partial charge in [0.1, 0.15) is 0 Å². The van der Waals surface area contributed by atoms with Crippen molar-refractivity contribution in [1.29, 1.82) is 0 Å². The number of carbonyl (C=O) groups excluding carboxylic acids is 1. The second kappa shape index (κ2) is 4.59. The maximum atomic E-state index is 11.9. The van der Waals surface area contributed by atoms with E-state index in [1.165, 1.54) is 16.2 Å². The van der Waals surface area contributed by atoms with E-state index < -0.39 is 0 Å². The third-order valence-electron chi connectivity index (χ3n) is 2.56. The van der Waals surface area contributed by atoms with E-state index in [0.29, 0.717) is 5.69 Å². The highest BCUT2D eigenvalue weighted by molar-refractivity contribution is 7.14. The van der Waals surface area contributed by atoms with Crippen LogP contribution in [0.4, 0.5) is 11.4 Å². The molecule has 0 atom stereocenters. The zero-order chi connectivity index (χ0) is 12.4. The summed E-state index contributed by atoms with van der Waals surface area (Å²) in [6.07, 6.45) is 0. The van der Waals surface area contributed by atoms with Crippen LogP contribution in [0, 0.1) is 13.8 Å². The monoisotopic (exact) mass is 246 g/mol. The summed E-state index contributed by atoms with van der Waals surface area (Å²) in [5.41, 5.74) is 8.17. The predicted molar refractivity (Wildman–Crippen MR) is 72.6 cm³/mol. The Morgan fingerprint density at radius 3 is 2.41 bits per heavy atom. The van der Waals surface area contributed by atoms with Crippen LogP contribution in [0.25, 0.3) is 0 Å².